The molecule has 0 aromatic heterocycles. The molecular weight excluding hydrogens is 360 g/mol. The lowest BCUT2D eigenvalue weighted by Gasteiger charge is -2.47. The molecule has 0 fully saturated rings. The fourth-order valence-corrected chi connectivity index (χ4v) is 4.10. The highest BCUT2D eigenvalue weighted by Crippen LogP contribution is 2.54. The Morgan fingerprint density at radius 3 is 2.48 bits per heavy atom. The number of nitriles is 1. The van der Waals surface area contributed by atoms with E-state index in [0.717, 1.165) is 27.5 Å². The molecule has 4 nitrogen and oxygen atoms in total. The van der Waals surface area contributed by atoms with E-state index in [9.17, 15) is 5.26 Å². The van der Waals surface area contributed by atoms with Crippen LogP contribution in [0.4, 0.5) is 0 Å². The number of nitrogens with zero attached hydrogens (tertiary/aromatic N) is 1. The standard InChI is InChI=1S/C22H19ClN2O2/c1-14-7-9-16(10-8-14)19-18-12-11-15-5-3-4-6-17(15)20(18)27-22(25,26-2)21(19,23)13-24/h3-12,19H,25H2,1-2H3. The molecule has 2 N–H and O–H groups in total. The molecule has 0 amide bonds. The summed E-state index contributed by atoms with van der Waals surface area (Å²) in [6, 6.07) is 21.9. The Morgan fingerprint density at radius 2 is 1.81 bits per heavy atom. The minimum absolute atomic E-state index is 0.525. The molecule has 0 saturated heterocycles. The van der Waals surface area contributed by atoms with Crippen LogP contribution >= 0.6 is 11.6 Å². The largest absolute Gasteiger partial charge is 0.445 e. The van der Waals surface area contributed by atoms with Crippen molar-refractivity contribution in [2.75, 3.05) is 7.11 Å². The zero-order chi connectivity index (χ0) is 19.2. The monoisotopic (exact) mass is 378 g/mol. The maximum absolute atomic E-state index is 10.0. The molecule has 5 heteroatoms. The van der Waals surface area contributed by atoms with E-state index >= 15 is 0 Å². The molecule has 3 atom stereocenters. The summed E-state index contributed by atoms with van der Waals surface area (Å²) in [7, 11) is 1.40. The molecule has 3 aromatic carbocycles. The van der Waals surface area contributed by atoms with Gasteiger partial charge in [0.05, 0.1) is 12.0 Å². The third-order valence-corrected chi connectivity index (χ3v) is 5.82. The maximum Gasteiger partial charge on any atom is 0.302 e. The van der Waals surface area contributed by atoms with Crippen LogP contribution in [-0.2, 0) is 4.74 Å². The molecule has 0 bridgehead atoms. The number of fused-ring (bicyclic) bond motifs is 3. The van der Waals surface area contributed by atoms with Crippen molar-refractivity contribution in [3.05, 3.63) is 77.4 Å². The van der Waals surface area contributed by atoms with Gasteiger partial charge in [0, 0.05) is 18.1 Å². The number of benzene rings is 3. The second kappa shape index (κ2) is 6.24. The molecule has 1 heterocycles. The number of nitrogens with two attached hydrogens (primary N) is 1. The Kier molecular flexibility index (Phi) is 4.12. The maximum atomic E-state index is 10.0. The number of alkyl halides is 1. The van der Waals surface area contributed by atoms with Gasteiger partial charge in [-0.3, -0.25) is 5.73 Å². The number of hydrogen-bond donors (Lipinski definition) is 1. The van der Waals surface area contributed by atoms with Crippen LogP contribution in [0, 0.1) is 18.3 Å². The van der Waals surface area contributed by atoms with Gasteiger partial charge in [-0.05, 0) is 17.9 Å². The average Bonchev–Trinajstić information content (AvgIpc) is 2.70. The summed E-state index contributed by atoms with van der Waals surface area (Å²) in [4.78, 5) is -1.65. The summed E-state index contributed by atoms with van der Waals surface area (Å²) >= 11 is 6.85. The van der Waals surface area contributed by atoms with E-state index in [0.29, 0.717) is 5.75 Å². The van der Waals surface area contributed by atoms with Crippen molar-refractivity contribution in [3.63, 3.8) is 0 Å². The minimum atomic E-state index is -1.81. The Hall–Kier alpha value is -2.58. The van der Waals surface area contributed by atoms with Crippen molar-refractivity contribution in [2.45, 2.75) is 23.6 Å². The van der Waals surface area contributed by atoms with Gasteiger partial charge < -0.3 is 9.47 Å². The second-order valence-corrected chi connectivity index (χ2v) is 7.44. The Balaban J connectivity index is 2.06. The fraction of sp³-hybridized carbons (Fsp3) is 0.227. The van der Waals surface area contributed by atoms with Crippen LogP contribution in [0.15, 0.2) is 60.7 Å². The van der Waals surface area contributed by atoms with Gasteiger partial charge >= 0.3 is 5.91 Å². The summed E-state index contributed by atoms with van der Waals surface area (Å²) in [5.74, 6) is -1.74. The van der Waals surface area contributed by atoms with E-state index in [4.69, 9.17) is 26.8 Å². The van der Waals surface area contributed by atoms with Crippen molar-refractivity contribution in [1.29, 1.82) is 5.26 Å². The highest BCUT2D eigenvalue weighted by Gasteiger charge is 2.61. The summed E-state index contributed by atoms with van der Waals surface area (Å²) in [6.45, 7) is 2.01. The molecule has 1 aliphatic rings. The lowest BCUT2D eigenvalue weighted by molar-refractivity contribution is -0.184. The Bertz CT molecular complexity index is 1060. The van der Waals surface area contributed by atoms with Gasteiger partial charge in [-0.15, -0.1) is 0 Å². The van der Waals surface area contributed by atoms with Gasteiger partial charge in [0.25, 0.3) is 0 Å². The van der Waals surface area contributed by atoms with Gasteiger partial charge in [0.1, 0.15) is 5.75 Å². The van der Waals surface area contributed by atoms with Crippen LogP contribution in [0.2, 0.25) is 0 Å². The third kappa shape index (κ3) is 2.51. The number of hydrogen-bond acceptors (Lipinski definition) is 4. The summed E-state index contributed by atoms with van der Waals surface area (Å²) in [6.07, 6.45) is 0. The van der Waals surface area contributed by atoms with Crippen molar-refractivity contribution >= 4 is 22.4 Å². The van der Waals surface area contributed by atoms with Gasteiger partial charge in [-0.2, -0.15) is 5.26 Å². The molecule has 0 radical (unpaired) electrons. The molecule has 136 valence electrons. The highest BCUT2D eigenvalue weighted by atomic mass is 35.5. The molecule has 0 saturated carbocycles. The van der Waals surface area contributed by atoms with Crippen molar-refractivity contribution < 1.29 is 9.47 Å². The Labute approximate surface area is 163 Å². The van der Waals surface area contributed by atoms with Crippen LogP contribution in [-0.4, -0.2) is 17.9 Å². The number of halogens is 1. The number of ether oxygens (including phenoxy) is 2. The molecular formula is C22H19ClN2O2. The molecule has 0 aliphatic carbocycles. The summed E-state index contributed by atoms with van der Waals surface area (Å²) in [5, 5.41) is 11.9. The van der Waals surface area contributed by atoms with E-state index in [1.54, 1.807) is 0 Å². The molecule has 4 rings (SSSR count). The minimum Gasteiger partial charge on any atom is -0.445 e. The van der Waals surface area contributed by atoms with Crippen LogP contribution in [0.3, 0.4) is 0 Å². The third-order valence-electron chi connectivity index (χ3n) is 5.26. The first-order valence-corrected chi connectivity index (χ1v) is 9.03. The number of rotatable bonds is 2. The molecule has 3 unspecified atom stereocenters. The smallest absolute Gasteiger partial charge is 0.302 e. The van der Waals surface area contributed by atoms with Crippen molar-refractivity contribution in [2.24, 2.45) is 5.73 Å². The van der Waals surface area contributed by atoms with Gasteiger partial charge in [-0.1, -0.05) is 77.8 Å². The SMILES string of the molecule is COC1(N)Oc2c(ccc3ccccc23)C(c2ccc(C)cc2)C1(Cl)C#N. The van der Waals surface area contributed by atoms with Crippen LogP contribution < -0.4 is 10.5 Å². The van der Waals surface area contributed by atoms with E-state index in [-0.39, 0.29) is 0 Å². The van der Waals surface area contributed by atoms with E-state index in [1.165, 1.54) is 7.11 Å². The van der Waals surface area contributed by atoms with Crippen LogP contribution in [0.25, 0.3) is 10.8 Å². The lowest BCUT2D eigenvalue weighted by Crippen LogP contribution is -2.66. The number of aryl methyl sites for hydroxylation is 1. The molecule has 3 aromatic rings. The molecule has 0 spiro atoms. The zero-order valence-electron chi connectivity index (χ0n) is 15.1. The van der Waals surface area contributed by atoms with Crippen LogP contribution in [0.5, 0.6) is 5.75 Å². The quantitative estimate of drug-likeness (QED) is 0.529. The predicted molar refractivity (Wildman–Crippen MR) is 106 cm³/mol. The highest BCUT2D eigenvalue weighted by molar-refractivity contribution is 6.27. The van der Waals surface area contributed by atoms with Gasteiger partial charge in [-0.25, -0.2) is 0 Å². The Morgan fingerprint density at radius 1 is 1.11 bits per heavy atom. The second-order valence-electron chi connectivity index (χ2n) is 6.85. The average molecular weight is 379 g/mol. The normalized spacial score (nSPS) is 26.9. The van der Waals surface area contributed by atoms with Gasteiger partial charge in [0.15, 0.2) is 0 Å². The first-order chi connectivity index (χ1) is 12.9. The topological polar surface area (TPSA) is 68.3 Å². The first-order valence-electron chi connectivity index (χ1n) is 8.65. The first kappa shape index (κ1) is 17.8. The molecule has 27 heavy (non-hydrogen) atoms. The molecule has 1 aliphatic heterocycles. The summed E-state index contributed by atoms with van der Waals surface area (Å²) < 4.78 is 11.5. The van der Waals surface area contributed by atoms with Crippen LogP contribution in [0.1, 0.15) is 22.6 Å². The predicted octanol–water partition coefficient (Wildman–Crippen LogP) is 4.43. The number of methoxy groups -OCH3 is 1. The van der Waals surface area contributed by atoms with Crippen molar-refractivity contribution in [1.82, 2.24) is 0 Å². The van der Waals surface area contributed by atoms with Gasteiger partial charge in [0.2, 0.25) is 4.87 Å². The van der Waals surface area contributed by atoms with E-state index in [2.05, 4.69) is 6.07 Å². The van der Waals surface area contributed by atoms with E-state index in [1.807, 2.05) is 67.6 Å². The van der Waals surface area contributed by atoms with Crippen molar-refractivity contribution in [3.8, 4) is 11.8 Å². The fourth-order valence-electron chi connectivity index (χ4n) is 3.74. The van der Waals surface area contributed by atoms with E-state index < -0.39 is 16.7 Å². The summed E-state index contributed by atoms with van der Waals surface area (Å²) in [5.41, 5.74) is 9.22. The zero-order valence-corrected chi connectivity index (χ0v) is 15.8. The lowest BCUT2D eigenvalue weighted by atomic mass is 9.75.